The van der Waals surface area contributed by atoms with Gasteiger partial charge in [0.15, 0.2) is 9.84 Å². The maximum Gasteiger partial charge on any atom is 0.150 e. The molecule has 1 fully saturated rings. The molecule has 0 aromatic carbocycles. The molecule has 17 heavy (non-hydrogen) atoms. The number of aromatic nitrogens is 3. The van der Waals surface area contributed by atoms with Crippen LogP contribution in [0.1, 0.15) is 18.7 Å². The smallest absolute Gasteiger partial charge is 0.150 e. The monoisotopic (exact) mass is 259 g/mol. The van der Waals surface area contributed by atoms with Crippen LogP contribution in [0.3, 0.4) is 0 Å². The molecular weight excluding hydrogens is 242 g/mol. The minimum Gasteiger partial charge on any atom is -0.393 e. The molecule has 0 amide bonds. The summed E-state index contributed by atoms with van der Waals surface area (Å²) in [5.74, 6) is 1.28. The predicted molar refractivity (Wildman–Crippen MR) is 62.1 cm³/mol. The first-order valence-electron chi connectivity index (χ1n) is 5.67. The van der Waals surface area contributed by atoms with Crippen molar-refractivity contribution in [3.05, 3.63) is 12.2 Å². The van der Waals surface area contributed by atoms with Gasteiger partial charge in [0.25, 0.3) is 0 Å². The zero-order valence-electron chi connectivity index (χ0n) is 9.78. The van der Waals surface area contributed by atoms with E-state index in [9.17, 15) is 13.5 Å². The molecule has 2 unspecified atom stereocenters. The van der Waals surface area contributed by atoms with Crippen molar-refractivity contribution in [1.82, 2.24) is 14.8 Å². The first kappa shape index (κ1) is 12.5. The van der Waals surface area contributed by atoms with Crippen molar-refractivity contribution < 1.29 is 13.5 Å². The summed E-state index contributed by atoms with van der Waals surface area (Å²) in [5, 5.41) is 13.8. The fourth-order valence-electron chi connectivity index (χ4n) is 2.24. The van der Waals surface area contributed by atoms with Gasteiger partial charge in [-0.3, -0.25) is 4.68 Å². The zero-order valence-corrected chi connectivity index (χ0v) is 10.6. The van der Waals surface area contributed by atoms with E-state index < -0.39 is 15.9 Å². The highest BCUT2D eigenvalue weighted by molar-refractivity contribution is 7.91. The van der Waals surface area contributed by atoms with Gasteiger partial charge in [0.1, 0.15) is 12.2 Å². The van der Waals surface area contributed by atoms with Crippen LogP contribution in [-0.2, 0) is 23.3 Å². The van der Waals surface area contributed by atoms with Gasteiger partial charge in [0, 0.05) is 13.5 Å². The maximum atomic E-state index is 11.3. The Morgan fingerprint density at radius 1 is 1.65 bits per heavy atom. The molecule has 96 valence electrons. The minimum absolute atomic E-state index is 0.0863. The van der Waals surface area contributed by atoms with Gasteiger partial charge in [0.2, 0.25) is 0 Å². The minimum atomic E-state index is -2.86. The van der Waals surface area contributed by atoms with Crippen LogP contribution in [0.25, 0.3) is 0 Å². The van der Waals surface area contributed by atoms with Crippen LogP contribution >= 0.6 is 0 Å². The highest BCUT2D eigenvalue weighted by Gasteiger charge is 2.29. The summed E-state index contributed by atoms with van der Waals surface area (Å²) in [6.45, 7) is 0. The third kappa shape index (κ3) is 3.26. The van der Waals surface area contributed by atoms with Gasteiger partial charge < -0.3 is 5.11 Å². The Hall–Kier alpha value is -0.950. The summed E-state index contributed by atoms with van der Waals surface area (Å²) in [7, 11) is -1.08. The number of aliphatic hydroxyl groups is 1. The first-order chi connectivity index (χ1) is 7.96. The largest absolute Gasteiger partial charge is 0.393 e. The van der Waals surface area contributed by atoms with Crippen molar-refractivity contribution in [3.63, 3.8) is 0 Å². The first-order valence-corrected chi connectivity index (χ1v) is 7.50. The van der Waals surface area contributed by atoms with Gasteiger partial charge in [-0.15, -0.1) is 0 Å². The van der Waals surface area contributed by atoms with Crippen molar-refractivity contribution >= 4 is 9.84 Å². The van der Waals surface area contributed by atoms with E-state index in [1.807, 2.05) is 0 Å². The lowest BCUT2D eigenvalue weighted by Crippen LogP contribution is -2.19. The van der Waals surface area contributed by atoms with Gasteiger partial charge in [-0.05, 0) is 18.8 Å². The Labute approximate surface area is 101 Å². The van der Waals surface area contributed by atoms with E-state index >= 15 is 0 Å². The van der Waals surface area contributed by atoms with E-state index in [0.29, 0.717) is 19.3 Å². The second-order valence-electron chi connectivity index (χ2n) is 4.66. The fourth-order valence-corrected chi connectivity index (χ4v) is 4.12. The lowest BCUT2D eigenvalue weighted by atomic mass is 9.99. The van der Waals surface area contributed by atoms with Crippen LogP contribution in [-0.4, -0.2) is 45.9 Å². The van der Waals surface area contributed by atoms with Crippen LogP contribution in [0, 0.1) is 5.92 Å². The molecule has 1 aliphatic rings. The van der Waals surface area contributed by atoms with E-state index in [0.717, 1.165) is 5.82 Å². The molecule has 0 radical (unpaired) electrons. The van der Waals surface area contributed by atoms with Crippen LogP contribution in [0.2, 0.25) is 0 Å². The normalized spacial score (nSPS) is 24.9. The topological polar surface area (TPSA) is 85.1 Å². The number of sulfone groups is 1. The Kier molecular flexibility index (Phi) is 3.48. The Balaban J connectivity index is 1.86. The van der Waals surface area contributed by atoms with E-state index in [-0.39, 0.29) is 17.4 Å². The molecule has 2 atom stereocenters. The Morgan fingerprint density at radius 3 is 2.94 bits per heavy atom. The van der Waals surface area contributed by atoms with Crippen molar-refractivity contribution in [2.75, 3.05) is 11.5 Å². The average Bonchev–Trinajstić information content (AvgIpc) is 2.74. The third-order valence-electron chi connectivity index (χ3n) is 3.16. The summed E-state index contributed by atoms with van der Waals surface area (Å²) < 4.78 is 24.2. The Morgan fingerprint density at radius 2 is 2.41 bits per heavy atom. The van der Waals surface area contributed by atoms with Crippen molar-refractivity contribution in [1.29, 1.82) is 0 Å². The number of aryl methyl sites for hydroxylation is 1. The standard InChI is InChI=1S/C10H17N3O3S/c1-13-10(11-7-12-13)5-9(14)4-8-2-3-17(15,16)6-8/h7-9,14H,2-6H2,1H3. The van der Waals surface area contributed by atoms with Crippen molar-refractivity contribution in [3.8, 4) is 0 Å². The highest BCUT2D eigenvalue weighted by atomic mass is 32.2. The number of hydrogen-bond acceptors (Lipinski definition) is 5. The average molecular weight is 259 g/mol. The second kappa shape index (κ2) is 4.73. The summed E-state index contributed by atoms with van der Waals surface area (Å²) in [6, 6.07) is 0. The van der Waals surface area contributed by atoms with E-state index in [1.54, 1.807) is 11.7 Å². The molecule has 7 heteroatoms. The molecular formula is C10H17N3O3S. The van der Waals surface area contributed by atoms with Crippen molar-refractivity contribution in [2.24, 2.45) is 13.0 Å². The summed E-state index contributed by atoms with van der Waals surface area (Å²) in [5.41, 5.74) is 0. The fraction of sp³-hybridized carbons (Fsp3) is 0.800. The van der Waals surface area contributed by atoms with Gasteiger partial charge in [-0.2, -0.15) is 5.10 Å². The summed E-state index contributed by atoms with van der Waals surface area (Å²) in [4.78, 5) is 4.03. The molecule has 2 rings (SSSR count). The zero-order chi connectivity index (χ0) is 12.5. The van der Waals surface area contributed by atoms with Gasteiger partial charge in [-0.25, -0.2) is 13.4 Å². The quantitative estimate of drug-likeness (QED) is 0.791. The van der Waals surface area contributed by atoms with Crippen molar-refractivity contribution in [2.45, 2.75) is 25.4 Å². The van der Waals surface area contributed by atoms with Crippen LogP contribution in [0.4, 0.5) is 0 Å². The van der Waals surface area contributed by atoms with Gasteiger partial charge >= 0.3 is 0 Å². The van der Waals surface area contributed by atoms with Crippen LogP contribution in [0.15, 0.2) is 6.33 Å². The molecule has 1 saturated heterocycles. The molecule has 0 saturated carbocycles. The third-order valence-corrected chi connectivity index (χ3v) is 4.99. The molecule has 0 bridgehead atoms. The SMILES string of the molecule is Cn1ncnc1CC(O)CC1CCS(=O)(=O)C1. The summed E-state index contributed by atoms with van der Waals surface area (Å²) >= 11 is 0. The number of aliphatic hydroxyl groups excluding tert-OH is 1. The van der Waals surface area contributed by atoms with Gasteiger partial charge in [-0.1, -0.05) is 0 Å². The van der Waals surface area contributed by atoms with E-state index in [1.165, 1.54) is 6.33 Å². The summed E-state index contributed by atoms with van der Waals surface area (Å²) in [6.07, 6.45) is 2.51. The molecule has 2 heterocycles. The van der Waals surface area contributed by atoms with E-state index in [4.69, 9.17) is 0 Å². The second-order valence-corrected chi connectivity index (χ2v) is 6.89. The molecule has 1 N–H and O–H groups in total. The maximum absolute atomic E-state index is 11.3. The molecule has 6 nitrogen and oxygen atoms in total. The molecule has 1 aromatic heterocycles. The molecule has 1 aliphatic heterocycles. The van der Waals surface area contributed by atoms with Crippen LogP contribution in [0.5, 0.6) is 0 Å². The van der Waals surface area contributed by atoms with Gasteiger partial charge in [0.05, 0.1) is 17.6 Å². The number of hydrogen-bond donors (Lipinski definition) is 1. The lowest BCUT2D eigenvalue weighted by molar-refractivity contribution is 0.143. The Bertz CT molecular complexity index is 483. The number of rotatable bonds is 4. The van der Waals surface area contributed by atoms with E-state index in [2.05, 4.69) is 10.1 Å². The number of nitrogens with zero attached hydrogens (tertiary/aromatic N) is 3. The predicted octanol–water partition coefficient (Wildman–Crippen LogP) is -0.457. The molecule has 0 aliphatic carbocycles. The van der Waals surface area contributed by atoms with Crippen LogP contribution < -0.4 is 0 Å². The highest BCUT2D eigenvalue weighted by Crippen LogP contribution is 2.23. The lowest BCUT2D eigenvalue weighted by Gasteiger charge is -2.13. The molecule has 1 aromatic rings. The molecule has 0 spiro atoms.